The van der Waals surface area contributed by atoms with Gasteiger partial charge in [0.2, 0.25) is 17.7 Å². The van der Waals surface area contributed by atoms with Crippen molar-refractivity contribution in [2.75, 3.05) is 7.05 Å². The van der Waals surface area contributed by atoms with Crippen molar-refractivity contribution < 1.29 is 19.2 Å². The Balaban J connectivity index is 2.55. The number of rotatable bonds is 3. The number of hydrogen-bond donors (Lipinski definition) is 3. The van der Waals surface area contributed by atoms with Gasteiger partial charge in [-0.3, -0.25) is 29.9 Å². The van der Waals surface area contributed by atoms with E-state index < -0.39 is 29.9 Å². The van der Waals surface area contributed by atoms with Gasteiger partial charge in [-0.05, 0) is 6.92 Å². The second-order valence-electron chi connectivity index (χ2n) is 3.79. The van der Waals surface area contributed by atoms with E-state index in [2.05, 4.69) is 5.32 Å². The van der Waals surface area contributed by atoms with Gasteiger partial charge in [-0.15, -0.1) is 0 Å². The Kier molecular flexibility index (Phi) is 3.79. The molecule has 1 aliphatic rings. The number of carbonyl (C=O) groups excluding carboxylic acids is 4. The zero-order valence-electron chi connectivity index (χ0n) is 9.52. The number of primary amides is 1. The van der Waals surface area contributed by atoms with Gasteiger partial charge in [0.1, 0.15) is 0 Å². The van der Waals surface area contributed by atoms with Crippen LogP contribution in [0.3, 0.4) is 0 Å². The van der Waals surface area contributed by atoms with Crippen molar-refractivity contribution in [1.82, 2.24) is 15.5 Å². The van der Waals surface area contributed by atoms with Crippen LogP contribution < -0.4 is 16.4 Å². The van der Waals surface area contributed by atoms with Gasteiger partial charge in [0.05, 0.1) is 18.5 Å². The van der Waals surface area contributed by atoms with Gasteiger partial charge in [0, 0.05) is 7.05 Å². The van der Waals surface area contributed by atoms with Crippen molar-refractivity contribution in [1.29, 1.82) is 0 Å². The van der Waals surface area contributed by atoms with Crippen molar-refractivity contribution in [2.45, 2.75) is 25.4 Å². The molecule has 0 aliphatic carbocycles. The molecule has 0 bridgehead atoms. The first-order valence-corrected chi connectivity index (χ1v) is 4.99. The van der Waals surface area contributed by atoms with E-state index in [0.29, 0.717) is 0 Å². The quantitative estimate of drug-likeness (QED) is 0.490. The molecular formula is C9H14N4O4. The maximum Gasteiger partial charge on any atom is 0.318 e. The first-order valence-electron chi connectivity index (χ1n) is 4.99. The van der Waals surface area contributed by atoms with Crippen molar-refractivity contribution in [3.8, 4) is 0 Å². The Bertz CT molecular complexity index is 381. The minimum atomic E-state index is -0.963. The van der Waals surface area contributed by atoms with Crippen LogP contribution in [0.4, 0.5) is 4.79 Å². The zero-order valence-corrected chi connectivity index (χ0v) is 9.52. The van der Waals surface area contributed by atoms with Crippen LogP contribution >= 0.6 is 0 Å². The average Bonchev–Trinajstić information content (AvgIpc) is 2.45. The number of hydrogen-bond acceptors (Lipinski definition) is 5. The monoisotopic (exact) mass is 242 g/mol. The smallest absolute Gasteiger partial charge is 0.318 e. The molecule has 0 saturated carbocycles. The number of carbonyl (C=O) groups is 4. The molecule has 1 aliphatic heterocycles. The molecule has 1 saturated heterocycles. The van der Waals surface area contributed by atoms with Crippen LogP contribution in [0, 0.1) is 0 Å². The van der Waals surface area contributed by atoms with Gasteiger partial charge < -0.3 is 5.73 Å². The Labute approximate surface area is 97.5 Å². The van der Waals surface area contributed by atoms with Gasteiger partial charge in [-0.25, -0.2) is 4.79 Å². The molecule has 5 amide bonds. The van der Waals surface area contributed by atoms with Crippen LogP contribution in [-0.4, -0.2) is 47.8 Å². The lowest BCUT2D eigenvalue weighted by molar-refractivity contribution is -0.137. The first-order chi connectivity index (χ1) is 7.82. The molecule has 94 valence electrons. The van der Waals surface area contributed by atoms with Crippen LogP contribution in [0.2, 0.25) is 0 Å². The van der Waals surface area contributed by atoms with Gasteiger partial charge in [0.15, 0.2) is 0 Å². The van der Waals surface area contributed by atoms with Crippen LogP contribution in [0.15, 0.2) is 0 Å². The average molecular weight is 242 g/mol. The molecule has 2 unspecified atom stereocenters. The molecule has 0 aromatic carbocycles. The maximum absolute atomic E-state index is 11.5. The van der Waals surface area contributed by atoms with Crippen molar-refractivity contribution in [2.24, 2.45) is 5.73 Å². The number of nitrogens with one attached hydrogen (secondary N) is 2. The normalized spacial score (nSPS) is 21.5. The molecule has 0 radical (unpaired) electrons. The lowest BCUT2D eigenvalue weighted by atomic mass is 10.2. The second-order valence-corrected chi connectivity index (χ2v) is 3.79. The summed E-state index contributed by atoms with van der Waals surface area (Å²) in [5.74, 6) is -1.35. The van der Waals surface area contributed by atoms with E-state index in [1.807, 2.05) is 5.32 Å². The standard InChI is InChI=1S/C9H14N4O4/c1-4(7(15)12-9(10)17)11-5-3-6(14)13(2)8(5)16/h4-5,11H,3H2,1-2H3,(H3,10,12,15,17). The molecular weight excluding hydrogens is 228 g/mol. The molecule has 1 rings (SSSR count). The van der Waals surface area contributed by atoms with E-state index in [1.165, 1.54) is 14.0 Å². The Morgan fingerprint density at radius 2 is 2.06 bits per heavy atom. The van der Waals surface area contributed by atoms with E-state index in [0.717, 1.165) is 4.90 Å². The molecule has 8 heteroatoms. The topological polar surface area (TPSA) is 122 Å². The van der Waals surface area contributed by atoms with E-state index in [9.17, 15) is 19.2 Å². The number of nitrogens with two attached hydrogens (primary N) is 1. The summed E-state index contributed by atoms with van der Waals surface area (Å²) >= 11 is 0. The van der Waals surface area contributed by atoms with Crippen molar-refractivity contribution >= 4 is 23.8 Å². The number of likely N-dealkylation sites (N-methyl/N-ethyl adjacent to an activating group) is 1. The number of amides is 5. The summed E-state index contributed by atoms with van der Waals surface area (Å²) in [7, 11) is 1.38. The summed E-state index contributed by atoms with van der Waals surface area (Å²) in [6.45, 7) is 1.47. The van der Waals surface area contributed by atoms with Crippen LogP contribution in [0.1, 0.15) is 13.3 Å². The van der Waals surface area contributed by atoms with Gasteiger partial charge in [-0.2, -0.15) is 0 Å². The van der Waals surface area contributed by atoms with E-state index >= 15 is 0 Å². The number of imide groups is 2. The highest BCUT2D eigenvalue weighted by Gasteiger charge is 2.37. The molecule has 2 atom stereocenters. The highest BCUT2D eigenvalue weighted by Crippen LogP contribution is 2.11. The SMILES string of the molecule is CC(NC1CC(=O)N(C)C1=O)C(=O)NC(N)=O. The highest BCUT2D eigenvalue weighted by molar-refractivity contribution is 6.05. The van der Waals surface area contributed by atoms with E-state index in [4.69, 9.17) is 5.73 Å². The molecule has 0 aromatic rings. The van der Waals surface area contributed by atoms with Crippen LogP contribution in [-0.2, 0) is 14.4 Å². The number of likely N-dealkylation sites (tertiary alicyclic amines) is 1. The van der Waals surface area contributed by atoms with Crippen molar-refractivity contribution in [3.63, 3.8) is 0 Å². The fourth-order valence-electron chi connectivity index (χ4n) is 1.49. The lowest BCUT2D eigenvalue weighted by Gasteiger charge is -2.16. The molecule has 1 heterocycles. The van der Waals surface area contributed by atoms with E-state index in [1.54, 1.807) is 0 Å². The first kappa shape index (κ1) is 13.1. The van der Waals surface area contributed by atoms with Gasteiger partial charge in [0.25, 0.3) is 0 Å². The van der Waals surface area contributed by atoms with Crippen LogP contribution in [0.25, 0.3) is 0 Å². The minimum absolute atomic E-state index is 0.00350. The largest absolute Gasteiger partial charge is 0.351 e. The summed E-state index contributed by atoms with van der Waals surface area (Å²) < 4.78 is 0. The van der Waals surface area contributed by atoms with Gasteiger partial charge in [-0.1, -0.05) is 0 Å². The van der Waals surface area contributed by atoms with Gasteiger partial charge >= 0.3 is 6.03 Å². The molecule has 0 spiro atoms. The highest BCUT2D eigenvalue weighted by atomic mass is 16.2. The van der Waals surface area contributed by atoms with Crippen LogP contribution in [0.5, 0.6) is 0 Å². The zero-order chi connectivity index (χ0) is 13.2. The summed E-state index contributed by atoms with van der Waals surface area (Å²) in [5.41, 5.74) is 4.78. The summed E-state index contributed by atoms with van der Waals surface area (Å²) in [5, 5.41) is 4.54. The van der Waals surface area contributed by atoms with E-state index in [-0.39, 0.29) is 12.3 Å². The Morgan fingerprint density at radius 3 is 2.47 bits per heavy atom. The third-order valence-electron chi connectivity index (χ3n) is 2.47. The Hall–Kier alpha value is -1.96. The third kappa shape index (κ3) is 3.00. The third-order valence-corrected chi connectivity index (χ3v) is 2.47. The fourth-order valence-corrected chi connectivity index (χ4v) is 1.49. The molecule has 8 nitrogen and oxygen atoms in total. The Morgan fingerprint density at radius 1 is 1.47 bits per heavy atom. The summed E-state index contributed by atoms with van der Waals surface area (Å²) in [6, 6.07) is -2.49. The number of nitrogens with zero attached hydrogens (tertiary/aromatic N) is 1. The molecule has 1 fully saturated rings. The predicted molar refractivity (Wildman–Crippen MR) is 56.5 cm³/mol. The number of urea groups is 1. The maximum atomic E-state index is 11.5. The summed E-state index contributed by atoms with van der Waals surface area (Å²) in [6.07, 6.45) is 0.00350. The minimum Gasteiger partial charge on any atom is -0.351 e. The fraction of sp³-hybridized carbons (Fsp3) is 0.556. The molecule has 4 N–H and O–H groups in total. The second kappa shape index (κ2) is 4.91. The van der Waals surface area contributed by atoms with Crippen molar-refractivity contribution in [3.05, 3.63) is 0 Å². The predicted octanol–water partition coefficient (Wildman–Crippen LogP) is -2.08. The molecule has 0 aromatic heterocycles. The lowest BCUT2D eigenvalue weighted by Crippen LogP contribution is -2.51. The summed E-state index contributed by atoms with van der Waals surface area (Å²) in [4.78, 5) is 45.5. The molecule has 17 heavy (non-hydrogen) atoms.